The van der Waals surface area contributed by atoms with Gasteiger partial charge in [-0.15, -0.1) is 0 Å². The maximum Gasteiger partial charge on any atom is 0.235 e. The molecule has 0 heterocycles. The molecule has 5 heteroatoms. The molecule has 0 bridgehead atoms. The summed E-state index contributed by atoms with van der Waals surface area (Å²) in [5.41, 5.74) is 0. The van der Waals surface area contributed by atoms with E-state index >= 15 is 0 Å². The number of carbonyl (C=O) groups excluding carboxylic acids is 1. The second-order valence-electron chi connectivity index (χ2n) is 2.71. The number of hydrogen-bond donors (Lipinski definition) is 0. The molecular weight excluding hydrogens is 191 g/mol. The van der Waals surface area contributed by atoms with Gasteiger partial charge in [-0.3, -0.25) is 9.36 Å². The molecule has 0 radical (unpaired) electrons. The maximum absolute atomic E-state index is 11.8. The first-order valence-corrected chi connectivity index (χ1v) is 6.33. The molecule has 0 fully saturated rings. The Morgan fingerprint density at radius 2 is 1.92 bits per heavy atom. The van der Waals surface area contributed by atoms with Crippen molar-refractivity contribution in [1.82, 2.24) is 0 Å². The van der Waals surface area contributed by atoms with Crippen LogP contribution < -0.4 is 0 Å². The van der Waals surface area contributed by atoms with Gasteiger partial charge < -0.3 is 9.26 Å². The molecule has 0 spiro atoms. The third-order valence-corrected chi connectivity index (χ3v) is 3.55. The Morgan fingerprint density at radius 1 is 1.31 bits per heavy atom. The van der Waals surface area contributed by atoms with Crippen molar-refractivity contribution in [3.05, 3.63) is 0 Å². The molecule has 0 aromatic carbocycles. The molecular formula is C8H17O4P. The van der Waals surface area contributed by atoms with E-state index in [0.29, 0.717) is 13.2 Å². The molecule has 78 valence electrons. The maximum atomic E-state index is 11.8. The third-order valence-electron chi connectivity index (χ3n) is 1.32. The van der Waals surface area contributed by atoms with Gasteiger partial charge in [-0.05, 0) is 20.8 Å². The first-order chi connectivity index (χ1) is 6.04. The Labute approximate surface area is 79.1 Å². The van der Waals surface area contributed by atoms with Crippen molar-refractivity contribution in [2.45, 2.75) is 20.8 Å². The quantitative estimate of drug-likeness (QED) is 0.599. The Hall–Kier alpha value is -0.180. The number of ether oxygens (including phenoxy) is 1. The molecule has 13 heavy (non-hydrogen) atoms. The summed E-state index contributed by atoms with van der Waals surface area (Å²) in [6.45, 7) is 5.78. The lowest BCUT2D eigenvalue weighted by Gasteiger charge is -2.15. The van der Waals surface area contributed by atoms with Crippen LogP contribution in [-0.2, 0) is 18.6 Å². The summed E-state index contributed by atoms with van der Waals surface area (Å²) in [5, 5.41) is 0. The fourth-order valence-electron chi connectivity index (χ4n) is 0.933. The Balaban J connectivity index is 4.16. The highest BCUT2D eigenvalue weighted by Crippen LogP contribution is 2.46. The highest BCUT2D eigenvalue weighted by atomic mass is 31.2. The predicted octanol–water partition coefficient (Wildman–Crippen LogP) is 1.88. The second-order valence-corrected chi connectivity index (χ2v) is 5.18. The van der Waals surface area contributed by atoms with E-state index in [9.17, 15) is 9.36 Å². The topological polar surface area (TPSA) is 52.6 Å². The molecule has 0 amide bonds. The van der Waals surface area contributed by atoms with Gasteiger partial charge in [0.25, 0.3) is 0 Å². The Morgan fingerprint density at radius 3 is 2.31 bits per heavy atom. The van der Waals surface area contributed by atoms with Gasteiger partial charge in [0.2, 0.25) is 7.37 Å². The highest BCUT2D eigenvalue weighted by Gasteiger charge is 2.24. The van der Waals surface area contributed by atoms with Crippen LogP contribution in [0.4, 0.5) is 0 Å². The minimum Gasteiger partial charge on any atom is -0.372 e. The van der Waals surface area contributed by atoms with Crippen molar-refractivity contribution < 1.29 is 18.6 Å². The molecule has 1 unspecified atom stereocenters. The molecule has 0 rings (SSSR count). The van der Waals surface area contributed by atoms with Crippen LogP contribution in [0.1, 0.15) is 20.8 Å². The Kier molecular flexibility index (Phi) is 6.21. The number of carbonyl (C=O) groups is 1. The van der Waals surface area contributed by atoms with E-state index in [1.807, 2.05) is 6.92 Å². The first-order valence-electron chi connectivity index (χ1n) is 4.34. The van der Waals surface area contributed by atoms with Crippen LogP contribution in [0.5, 0.6) is 0 Å². The molecule has 1 atom stereocenters. The second kappa shape index (κ2) is 6.30. The van der Waals surface area contributed by atoms with Crippen LogP contribution in [0.2, 0.25) is 0 Å². The van der Waals surface area contributed by atoms with Gasteiger partial charge >= 0.3 is 0 Å². The van der Waals surface area contributed by atoms with Crippen LogP contribution in [0.25, 0.3) is 0 Å². The standard InChI is InChI=1S/C8H17O4P/c1-4-11-7-13(10,12-5-2)6-8(3)9/h4-7H2,1-3H3. The number of Topliss-reactive ketones (excluding diaryl/α,β-unsaturated/α-hetero) is 1. The number of rotatable bonds is 7. The number of ketones is 1. The van der Waals surface area contributed by atoms with E-state index in [0.717, 1.165) is 0 Å². The number of hydrogen-bond acceptors (Lipinski definition) is 4. The van der Waals surface area contributed by atoms with Gasteiger partial charge in [-0.2, -0.15) is 0 Å². The van der Waals surface area contributed by atoms with E-state index < -0.39 is 7.37 Å². The summed E-state index contributed by atoms with van der Waals surface area (Å²) in [6, 6.07) is 0. The normalized spacial score (nSPS) is 15.3. The average molecular weight is 208 g/mol. The van der Waals surface area contributed by atoms with Gasteiger partial charge in [-0.25, -0.2) is 0 Å². The van der Waals surface area contributed by atoms with Gasteiger partial charge in [0.05, 0.1) is 12.8 Å². The zero-order valence-electron chi connectivity index (χ0n) is 8.41. The van der Waals surface area contributed by atoms with Crippen molar-refractivity contribution in [3.8, 4) is 0 Å². The lowest BCUT2D eigenvalue weighted by molar-refractivity contribution is -0.114. The monoisotopic (exact) mass is 208 g/mol. The fraction of sp³-hybridized carbons (Fsp3) is 0.875. The van der Waals surface area contributed by atoms with E-state index in [4.69, 9.17) is 9.26 Å². The van der Waals surface area contributed by atoms with E-state index in [1.54, 1.807) is 6.92 Å². The summed E-state index contributed by atoms with van der Waals surface area (Å²) in [4.78, 5) is 10.8. The van der Waals surface area contributed by atoms with Gasteiger partial charge in [0, 0.05) is 6.61 Å². The zero-order valence-corrected chi connectivity index (χ0v) is 9.30. The SMILES string of the molecule is CCOCP(=O)(CC(C)=O)OCC. The summed E-state index contributed by atoms with van der Waals surface area (Å²) >= 11 is 0. The lowest BCUT2D eigenvalue weighted by atomic mass is 10.5. The summed E-state index contributed by atoms with van der Waals surface area (Å²) in [7, 11) is -2.86. The molecule has 0 aliphatic rings. The first kappa shape index (κ1) is 12.8. The summed E-state index contributed by atoms with van der Waals surface area (Å²) in [6.07, 6.45) is 0.0117. The zero-order chi connectivity index (χ0) is 10.3. The van der Waals surface area contributed by atoms with E-state index in [1.165, 1.54) is 6.92 Å². The highest BCUT2D eigenvalue weighted by molar-refractivity contribution is 7.59. The minimum absolute atomic E-state index is 0.0269. The molecule has 0 aromatic rings. The van der Waals surface area contributed by atoms with Crippen LogP contribution in [-0.4, -0.2) is 31.5 Å². The van der Waals surface area contributed by atoms with Gasteiger partial charge in [0.15, 0.2) is 0 Å². The van der Waals surface area contributed by atoms with Crippen LogP contribution in [0.15, 0.2) is 0 Å². The van der Waals surface area contributed by atoms with Crippen LogP contribution in [0, 0.1) is 0 Å². The van der Waals surface area contributed by atoms with Crippen molar-refractivity contribution >= 4 is 13.2 Å². The van der Waals surface area contributed by atoms with Gasteiger partial charge in [0.1, 0.15) is 12.1 Å². The summed E-state index contributed by atoms with van der Waals surface area (Å²) in [5.74, 6) is -0.128. The molecule has 0 aromatic heterocycles. The largest absolute Gasteiger partial charge is 0.372 e. The molecule has 0 N–H and O–H groups in total. The van der Waals surface area contributed by atoms with Crippen molar-refractivity contribution in [1.29, 1.82) is 0 Å². The van der Waals surface area contributed by atoms with Crippen LogP contribution >= 0.6 is 7.37 Å². The Bertz CT molecular complexity index is 202. The lowest BCUT2D eigenvalue weighted by Crippen LogP contribution is -2.08. The summed E-state index contributed by atoms with van der Waals surface area (Å²) < 4.78 is 21.9. The van der Waals surface area contributed by atoms with Crippen LogP contribution in [0.3, 0.4) is 0 Å². The van der Waals surface area contributed by atoms with Crippen molar-refractivity contribution in [2.24, 2.45) is 0 Å². The average Bonchev–Trinajstić information content (AvgIpc) is 2.00. The third kappa shape index (κ3) is 5.97. The minimum atomic E-state index is -2.86. The molecule has 4 nitrogen and oxygen atoms in total. The molecule has 0 saturated carbocycles. The molecule has 0 saturated heterocycles. The molecule has 0 aliphatic heterocycles. The van der Waals surface area contributed by atoms with E-state index in [2.05, 4.69) is 0 Å². The predicted molar refractivity (Wildman–Crippen MR) is 51.3 cm³/mol. The van der Waals surface area contributed by atoms with Crippen molar-refractivity contribution in [3.63, 3.8) is 0 Å². The smallest absolute Gasteiger partial charge is 0.235 e. The van der Waals surface area contributed by atoms with Gasteiger partial charge in [-0.1, -0.05) is 0 Å². The van der Waals surface area contributed by atoms with Crippen molar-refractivity contribution in [2.75, 3.05) is 25.7 Å². The molecule has 0 aliphatic carbocycles. The van der Waals surface area contributed by atoms with E-state index in [-0.39, 0.29) is 18.3 Å². The fourth-order valence-corrected chi connectivity index (χ4v) is 2.80.